The lowest BCUT2D eigenvalue weighted by Gasteiger charge is -2.08. The van der Waals surface area contributed by atoms with Gasteiger partial charge in [-0.25, -0.2) is 9.97 Å². The van der Waals surface area contributed by atoms with Crippen molar-refractivity contribution < 1.29 is 4.79 Å². The van der Waals surface area contributed by atoms with Gasteiger partial charge in [-0.15, -0.1) is 11.3 Å². The van der Waals surface area contributed by atoms with Gasteiger partial charge in [0.05, 0.1) is 5.69 Å². The third-order valence-electron chi connectivity index (χ3n) is 3.45. The van der Waals surface area contributed by atoms with Crippen molar-refractivity contribution in [1.29, 1.82) is 0 Å². The summed E-state index contributed by atoms with van der Waals surface area (Å²) in [6, 6.07) is 11.1. The van der Waals surface area contributed by atoms with Gasteiger partial charge in [0, 0.05) is 22.7 Å². The molecule has 0 saturated carbocycles. The van der Waals surface area contributed by atoms with E-state index in [1.54, 1.807) is 13.8 Å². The van der Waals surface area contributed by atoms with Crippen molar-refractivity contribution >= 4 is 22.4 Å². The molecule has 0 spiro atoms. The molecule has 2 aromatic heterocycles. The van der Waals surface area contributed by atoms with E-state index in [9.17, 15) is 9.59 Å². The Labute approximate surface area is 142 Å². The number of carbonyl (C=O) groups excluding carboxylic acids is 1. The Morgan fingerprint density at radius 1 is 1.21 bits per heavy atom. The molecule has 6 nitrogen and oxygen atoms in total. The number of aryl methyl sites for hydroxylation is 2. The molecule has 0 bridgehead atoms. The highest BCUT2D eigenvalue weighted by Gasteiger charge is 2.11. The van der Waals surface area contributed by atoms with Gasteiger partial charge in [-0.3, -0.25) is 14.2 Å². The van der Waals surface area contributed by atoms with Crippen molar-refractivity contribution in [2.45, 2.75) is 20.4 Å². The summed E-state index contributed by atoms with van der Waals surface area (Å²) in [4.78, 5) is 32.8. The van der Waals surface area contributed by atoms with Gasteiger partial charge in [0.1, 0.15) is 12.4 Å². The maximum atomic E-state index is 12.2. The van der Waals surface area contributed by atoms with Crippen LogP contribution < -0.4 is 10.9 Å². The SMILES string of the molecule is Cc1cc(=O)n(CC(=O)Nc2nc(-c3ccccc3)cs2)c(C)n1. The lowest BCUT2D eigenvalue weighted by atomic mass is 10.2. The number of amides is 1. The highest BCUT2D eigenvalue weighted by molar-refractivity contribution is 7.14. The molecule has 0 fully saturated rings. The summed E-state index contributed by atoms with van der Waals surface area (Å²) in [5.41, 5.74) is 2.20. The predicted molar refractivity (Wildman–Crippen MR) is 94.2 cm³/mol. The summed E-state index contributed by atoms with van der Waals surface area (Å²) in [5, 5.41) is 5.12. The van der Waals surface area contributed by atoms with Crippen LogP contribution in [0.1, 0.15) is 11.5 Å². The van der Waals surface area contributed by atoms with Crippen molar-refractivity contribution in [1.82, 2.24) is 14.5 Å². The zero-order valence-electron chi connectivity index (χ0n) is 13.3. The van der Waals surface area contributed by atoms with E-state index in [0.717, 1.165) is 11.3 Å². The summed E-state index contributed by atoms with van der Waals surface area (Å²) in [7, 11) is 0. The molecule has 0 saturated heterocycles. The largest absolute Gasteiger partial charge is 0.300 e. The van der Waals surface area contributed by atoms with E-state index in [4.69, 9.17) is 0 Å². The number of benzene rings is 1. The van der Waals surface area contributed by atoms with Gasteiger partial charge in [0.25, 0.3) is 5.56 Å². The molecule has 2 heterocycles. The molecule has 0 aliphatic heterocycles. The lowest BCUT2D eigenvalue weighted by Crippen LogP contribution is -2.29. The number of aromatic nitrogens is 3. The minimum Gasteiger partial charge on any atom is -0.300 e. The van der Waals surface area contributed by atoms with Gasteiger partial charge in [0.2, 0.25) is 5.91 Å². The summed E-state index contributed by atoms with van der Waals surface area (Å²) < 4.78 is 1.34. The molecule has 3 rings (SSSR count). The lowest BCUT2D eigenvalue weighted by molar-refractivity contribution is -0.116. The van der Waals surface area contributed by atoms with Crippen LogP contribution >= 0.6 is 11.3 Å². The van der Waals surface area contributed by atoms with E-state index >= 15 is 0 Å². The predicted octanol–water partition coefficient (Wildman–Crippen LogP) is 2.62. The minimum atomic E-state index is -0.306. The minimum absolute atomic E-state index is 0.0851. The van der Waals surface area contributed by atoms with E-state index < -0.39 is 0 Å². The third kappa shape index (κ3) is 3.57. The second-order valence-electron chi connectivity index (χ2n) is 5.32. The average Bonchev–Trinajstić information content (AvgIpc) is 3.00. The maximum Gasteiger partial charge on any atom is 0.254 e. The second kappa shape index (κ2) is 6.76. The molecule has 1 N–H and O–H groups in total. The number of nitrogens with one attached hydrogen (secondary N) is 1. The first-order valence-corrected chi connectivity index (χ1v) is 8.27. The summed E-state index contributed by atoms with van der Waals surface area (Å²) in [5.74, 6) is 0.207. The van der Waals surface area contributed by atoms with Gasteiger partial charge < -0.3 is 5.32 Å². The fourth-order valence-corrected chi connectivity index (χ4v) is 3.07. The third-order valence-corrected chi connectivity index (χ3v) is 4.21. The van der Waals surface area contributed by atoms with Crippen molar-refractivity contribution in [2.24, 2.45) is 0 Å². The molecule has 0 atom stereocenters. The average molecular weight is 340 g/mol. The molecule has 122 valence electrons. The summed E-state index contributed by atoms with van der Waals surface area (Å²) in [6.07, 6.45) is 0. The Hall–Kier alpha value is -2.80. The molecule has 24 heavy (non-hydrogen) atoms. The van der Waals surface area contributed by atoms with Crippen LogP contribution in [0.3, 0.4) is 0 Å². The van der Waals surface area contributed by atoms with Crippen molar-refractivity contribution in [3.05, 3.63) is 63.7 Å². The molecule has 0 aliphatic rings. The number of rotatable bonds is 4. The Morgan fingerprint density at radius 3 is 2.67 bits per heavy atom. The van der Waals surface area contributed by atoms with E-state index in [1.165, 1.54) is 22.0 Å². The highest BCUT2D eigenvalue weighted by Crippen LogP contribution is 2.24. The molecule has 1 amide bonds. The topological polar surface area (TPSA) is 76.9 Å². The summed E-state index contributed by atoms with van der Waals surface area (Å²) >= 11 is 1.35. The Balaban J connectivity index is 1.72. The number of anilines is 1. The van der Waals surface area contributed by atoms with Crippen LogP contribution in [-0.2, 0) is 11.3 Å². The first-order valence-electron chi connectivity index (χ1n) is 7.39. The number of thiazole rings is 1. The maximum absolute atomic E-state index is 12.2. The zero-order chi connectivity index (χ0) is 17.1. The van der Waals surface area contributed by atoms with Gasteiger partial charge in [-0.1, -0.05) is 30.3 Å². The van der Waals surface area contributed by atoms with Crippen LogP contribution in [0.5, 0.6) is 0 Å². The van der Waals surface area contributed by atoms with E-state index in [-0.39, 0.29) is 18.0 Å². The van der Waals surface area contributed by atoms with Crippen LogP contribution in [0, 0.1) is 13.8 Å². The number of hydrogen-bond acceptors (Lipinski definition) is 5. The normalized spacial score (nSPS) is 10.6. The molecule has 0 radical (unpaired) electrons. The van der Waals surface area contributed by atoms with E-state index in [1.807, 2.05) is 35.7 Å². The van der Waals surface area contributed by atoms with Crippen LogP contribution in [0.2, 0.25) is 0 Å². The molecule has 0 aliphatic carbocycles. The Kier molecular flexibility index (Phi) is 4.52. The molecular weight excluding hydrogens is 324 g/mol. The Morgan fingerprint density at radius 2 is 1.96 bits per heavy atom. The van der Waals surface area contributed by atoms with Crippen LogP contribution in [0.15, 0.2) is 46.6 Å². The monoisotopic (exact) mass is 340 g/mol. The van der Waals surface area contributed by atoms with E-state index in [0.29, 0.717) is 16.6 Å². The molecular formula is C17H16N4O2S. The fourth-order valence-electron chi connectivity index (χ4n) is 2.33. The van der Waals surface area contributed by atoms with Gasteiger partial charge in [-0.2, -0.15) is 0 Å². The second-order valence-corrected chi connectivity index (χ2v) is 6.18. The first kappa shape index (κ1) is 16.1. The highest BCUT2D eigenvalue weighted by atomic mass is 32.1. The van der Waals surface area contributed by atoms with Gasteiger partial charge in [0.15, 0.2) is 5.13 Å². The fraction of sp³-hybridized carbons (Fsp3) is 0.176. The quantitative estimate of drug-likeness (QED) is 0.792. The number of hydrogen-bond donors (Lipinski definition) is 1. The Bertz CT molecular complexity index is 931. The van der Waals surface area contributed by atoms with Gasteiger partial charge in [-0.05, 0) is 13.8 Å². The molecule has 0 unspecified atom stereocenters. The molecule has 3 aromatic rings. The van der Waals surface area contributed by atoms with Crippen molar-refractivity contribution in [3.63, 3.8) is 0 Å². The summed E-state index contributed by atoms with van der Waals surface area (Å²) in [6.45, 7) is 3.37. The standard InChI is InChI=1S/C17H16N4O2S/c1-11-8-16(23)21(12(2)18-11)9-15(22)20-17-19-14(10-24-17)13-6-4-3-5-7-13/h3-8,10H,9H2,1-2H3,(H,19,20,22). The number of carbonyl (C=O) groups is 1. The van der Waals surface area contributed by atoms with Gasteiger partial charge >= 0.3 is 0 Å². The molecule has 7 heteroatoms. The smallest absolute Gasteiger partial charge is 0.254 e. The zero-order valence-corrected chi connectivity index (χ0v) is 14.1. The van der Waals surface area contributed by atoms with Crippen LogP contribution in [0.25, 0.3) is 11.3 Å². The molecule has 1 aromatic carbocycles. The van der Waals surface area contributed by atoms with Crippen molar-refractivity contribution in [2.75, 3.05) is 5.32 Å². The van der Waals surface area contributed by atoms with E-state index in [2.05, 4.69) is 15.3 Å². The van der Waals surface area contributed by atoms with Crippen LogP contribution in [-0.4, -0.2) is 20.4 Å². The first-order chi connectivity index (χ1) is 11.5. The van der Waals surface area contributed by atoms with Crippen LogP contribution in [0.4, 0.5) is 5.13 Å². The number of nitrogens with zero attached hydrogens (tertiary/aromatic N) is 3. The van der Waals surface area contributed by atoms with Crippen molar-refractivity contribution in [3.8, 4) is 11.3 Å².